The van der Waals surface area contributed by atoms with Gasteiger partial charge < -0.3 is 11.1 Å². The van der Waals surface area contributed by atoms with Gasteiger partial charge >= 0.3 is 0 Å². The Kier molecular flexibility index (Phi) is 3.53. The highest BCUT2D eigenvalue weighted by atomic mass is 35.5. The summed E-state index contributed by atoms with van der Waals surface area (Å²) >= 11 is 13.6. The molecule has 0 amide bonds. The zero-order chi connectivity index (χ0) is 11.5. The molecular weight excluding hydrogens is 265 g/mol. The van der Waals surface area contributed by atoms with Crippen LogP contribution in [-0.4, -0.2) is 4.98 Å². The first-order chi connectivity index (χ1) is 7.66. The number of aromatic nitrogens is 1. The van der Waals surface area contributed by atoms with Crippen molar-refractivity contribution < 1.29 is 0 Å². The highest BCUT2D eigenvalue weighted by Gasteiger charge is 2.07. The highest BCUT2D eigenvalue weighted by Crippen LogP contribution is 2.33. The number of anilines is 2. The largest absolute Gasteiger partial charge is 0.399 e. The molecule has 0 atom stereocenters. The fraction of sp³-hybridized carbons (Fsp3) is 0.100. The number of nitrogen functional groups attached to an aromatic ring is 1. The summed E-state index contributed by atoms with van der Waals surface area (Å²) in [6.45, 7) is 0.598. The molecule has 0 unspecified atom stereocenters. The maximum atomic E-state index is 6.03. The molecule has 0 bridgehead atoms. The van der Waals surface area contributed by atoms with Gasteiger partial charge in [-0.05, 0) is 12.1 Å². The van der Waals surface area contributed by atoms with Crippen LogP contribution in [-0.2, 0) is 6.54 Å². The number of nitrogens with one attached hydrogen (secondary N) is 1. The molecule has 2 rings (SSSR count). The summed E-state index contributed by atoms with van der Waals surface area (Å²) in [5.41, 5.74) is 6.85. The molecule has 0 aliphatic rings. The van der Waals surface area contributed by atoms with Crippen molar-refractivity contribution in [2.45, 2.75) is 6.54 Å². The molecule has 0 aliphatic heterocycles. The van der Waals surface area contributed by atoms with E-state index in [1.807, 2.05) is 5.38 Å². The lowest BCUT2D eigenvalue weighted by molar-refractivity contribution is 1.10. The quantitative estimate of drug-likeness (QED) is 0.840. The average molecular weight is 274 g/mol. The van der Waals surface area contributed by atoms with Crippen molar-refractivity contribution in [3.05, 3.63) is 38.8 Å². The van der Waals surface area contributed by atoms with Crippen LogP contribution in [0.25, 0.3) is 0 Å². The van der Waals surface area contributed by atoms with Crippen LogP contribution >= 0.6 is 34.5 Å². The normalized spacial score (nSPS) is 10.4. The Morgan fingerprint density at radius 2 is 2.00 bits per heavy atom. The van der Waals surface area contributed by atoms with Gasteiger partial charge in [-0.2, -0.15) is 0 Å². The van der Waals surface area contributed by atoms with Crippen LogP contribution in [0.2, 0.25) is 10.0 Å². The lowest BCUT2D eigenvalue weighted by Crippen LogP contribution is -2.00. The maximum absolute atomic E-state index is 6.03. The molecule has 84 valence electrons. The van der Waals surface area contributed by atoms with E-state index in [1.54, 1.807) is 29.7 Å². The summed E-state index contributed by atoms with van der Waals surface area (Å²) in [4.78, 5) is 4.15. The van der Waals surface area contributed by atoms with Crippen molar-refractivity contribution in [3.63, 3.8) is 0 Å². The summed E-state index contributed by atoms with van der Waals surface area (Å²) in [6, 6.07) is 3.33. The minimum atomic E-state index is 0.515. The first-order valence-electron chi connectivity index (χ1n) is 4.53. The lowest BCUT2D eigenvalue weighted by Gasteiger charge is -2.09. The number of thiazole rings is 1. The molecule has 0 saturated carbocycles. The molecule has 2 aromatic rings. The van der Waals surface area contributed by atoms with Gasteiger partial charge in [0.05, 0.1) is 22.3 Å². The standard InChI is InChI=1S/C10H9Cl2N3S/c11-7-3-6(13)4-8(12)10(7)15-5-9-14-1-2-16-9/h1-4,15H,5,13H2. The van der Waals surface area contributed by atoms with E-state index in [2.05, 4.69) is 10.3 Å². The van der Waals surface area contributed by atoms with Crippen molar-refractivity contribution in [1.29, 1.82) is 0 Å². The van der Waals surface area contributed by atoms with Gasteiger partial charge in [-0.25, -0.2) is 4.98 Å². The molecular formula is C10H9Cl2N3S. The summed E-state index contributed by atoms with van der Waals surface area (Å²) in [6.07, 6.45) is 1.76. The van der Waals surface area contributed by atoms with E-state index < -0.39 is 0 Å². The van der Waals surface area contributed by atoms with Crippen molar-refractivity contribution >= 4 is 45.9 Å². The molecule has 0 aliphatic carbocycles. The van der Waals surface area contributed by atoms with E-state index in [1.165, 1.54) is 0 Å². The molecule has 0 radical (unpaired) electrons. The molecule has 16 heavy (non-hydrogen) atoms. The number of nitrogens with zero attached hydrogens (tertiary/aromatic N) is 1. The number of benzene rings is 1. The van der Waals surface area contributed by atoms with Crippen LogP contribution in [0, 0.1) is 0 Å². The Labute approximate surface area is 107 Å². The predicted octanol–water partition coefficient (Wildman–Crippen LogP) is 3.64. The van der Waals surface area contributed by atoms with Crippen LogP contribution in [0.3, 0.4) is 0 Å². The summed E-state index contributed by atoms with van der Waals surface area (Å²) < 4.78 is 0. The second kappa shape index (κ2) is 4.91. The van der Waals surface area contributed by atoms with Gasteiger partial charge in [-0.15, -0.1) is 11.3 Å². The van der Waals surface area contributed by atoms with Crippen molar-refractivity contribution in [2.75, 3.05) is 11.1 Å². The smallest absolute Gasteiger partial charge is 0.112 e. The summed E-state index contributed by atoms with van der Waals surface area (Å²) in [7, 11) is 0. The monoisotopic (exact) mass is 273 g/mol. The molecule has 1 aromatic heterocycles. The predicted molar refractivity (Wildman–Crippen MR) is 70.3 cm³/mol. The third-order valence-electron chi connectivity index (χ3n) is 1.96. The van der Waals surface area contributed by atoms with E-state index >= 15 is 0 Å². The molecule has 6 heteroatoms. The van der Waals surface area contributed by atoms with Crippen LogP contribution in [0.4, 0.5) is 11.4 Å². The van der Waals surface area contributed by atoms with E-state index in [4.69, 9.17) is 28.9 Å². The molecule has 1 heterocycles. The van der Waals surface area contributed by atoms with E-state index in [0.29, 0.717) is 28.0 Å². The molecule has 0 fully saturated rings. The molecule has 0 spiro atoms. The molecule has 1 aromatic carbocycles. The zero-order valence-electron chi connectivity index (χ0n) is 8.21. The van der Waals surface area contributed by atoms with Gasteiger partial charge in [-0.1, -0.05) is 23.2 Å². The van der Waals surface area contributed by atoms with Crippen LogP contribution in [0.1, 0.15) is 5.01 Å². The van der Waals surface area contributed by atoms with E-state index in [-0.39, 0.29) is 0 Å². The topological polar surface area (TPSA) is 50.9 Å². The minimum absolute atomic E-state index is 0.515. The fourth-order valence-electron chi connectivity index (χ4n) is 1.27. The van der Waals surface area contributed by atoms with Gasteiger partial charge in [0.15, 0.2) is 0 Å². The molecule has 3 nitrogen and oxygen atoms in total. The van der Waals surface area contributed by atoms with Gasteiger partial charge in [0.25, 0.3) is 0 Å². The number of hydrogen-bond acceptors (Lipinski definition) is 4. The first kappa shape index (κ1) is 11.5. The van der Waals surface area contributed by atoms with Gasteiger partial charge in [0, 0.05) is 17.3 Å². The third kappa shape index (κ3) is 2.58. The Bertz CT molecular complexity index is 462. The number of nitrogens with two attached hydrogens (primary N) is 1. The fourth-order valence-corrected chi connectivity index (χ4v) is 2.46. The zero-order valence-corrected chi connectivity index (χ0v) is 10.5. The van der Waals surface area contributed by atoms with Crippen molar-refractivity contribution in [1.82, 2.24) is 4.98 Å². The second-order valence-corrected chi connectivity index (χ2v) is 4.93. The number of halogens is 2. The second-order valence-electron chi connectivity index (χ2n) is 3.14. The lowest BCUT2D eigenvalue weighted by atomic mass is 10.3. The van der Waals surface area contributed by atoms with Gasteiger partial charge in [-0.3, -0.25) is 0 Å². The van der Waals surface area contributed by atoms with Crippen molar-refractivity contribution in [2.24, 2.45) is 0 Å². The Balaban J connectivity index is 2.15. The number of hydrogen-bond donors (Lipinski definition) is 2. The summed E-state index contributed by atoms with van der Waals surface area (Å²) in [5, 5.41) is 7.07. The van der Waals surface area contributed by atoms with Crippen LogP contribution in [0.15, 0.2) is 23.7 Å². The average Bonchev–Trinajstić information content (AvgIpc) is 2.68. The SMILES string of the molecule is Nc1cc(Cl)c(NCc2nccs2)c(Cl)c1. The van der Waals surface area contributed by atoms with Gasteiger partial charge in [0.2, 0.25) is 0 Å². The van der Waals surface area contributed by atoms with Crippen LogP contribution in [0.5, 0.6) is 0 Å². The number of rotatable bonds is 3. The Hall–Kier alpha value is -0.970. The van der Waals surface area contributed by atoms with Crippen LogP contribution < -0.4 is 11.1 Å². The highest BCUT2D eigenvalue weighted by molar-refractivity contribution is 7.09. The maximum Gasteiger partial charge on any atom is 0.112 e. The van der Waals surface area contributed by atoms with E-state index in [0.717, 1.165) is 5.01 Å². The third-order valence-corrected chi connectivity index (χ3v) is 3.34. The molecule has 0 saturated heterocycles. The van der Waals surface area contributed by atoms with E-state index in [9.17, 15) is 0 Å². The molecule has 3 N–H and O–H groups in total. The van der Waals surface area contributed by atoms with Crippen molar-refractivity contribution in [3.8, 4) is 0 Å². The summed E-state index contributed by atoms with van der Waals surface area (Å²) in [5.74, 6) is 0. The van der Waals surface area contributed by atoms with Gasteiger partial charge in [0.1, 0.15) is 5.01 Å². The minimum Gasteiger partial charge on any atom is -0.399 e. The Morgan fingerprint density at radius 3 is 2.56 bits per heavy atom. The first-order valence-corrected chi connectivity index (χ1v) is 6.17. The Morgan fingerprint density at radius 1 is 1.31 bits per heavy atom.